The summed E-state index contributed by atoms with van der Waals surface area (Å²) >= 11 is 6.29. The highest BCUT2D eigenvalue weighted by Gasteiger charge is 2.05. The van der Waals surface area contributed by atoms with Crippen molar-refractivity contribution in [2.24, 2.45) is 5.73 Å². The Morgan fingerprint density at radius 1 is 1.05 bits per heavy atom. The van der Waals surface area contributed by atoms with Crippen LogP contribution in [0.3, 0.4) is 0 Å². The minimum Gasteiger partial charge on any atom is -0.326 e. The quantitative estimate of drug-likeness (QED) is 0.882. The minimum atomic E-state index is 0.532. The Bertz CT molecular complexity index is 540. The monoisotopic (exact) mass is 288 g/mol. The van der Waals surface area contributed by atoms with Crippen molar-refractivity contribution in [2.45, 2.75) is 19.5 Å². The molecule has 0 aliphatic carbocycles. The van der Waals surface area contributed by atoms with Gasteiger partial charge in [-0.05, 0) is 36.2 Å². The van der Waals surface area contributed by atoms with E-state index in [0.29, 0.717) is 6.54 Å². The van der Waals surface area contributed by atoms with Crippen LogP contribution < -0.4 is 5.73 Å². The van der Waals surface area contributed by atoms with Gasteiger partial charge in [-0.2, -0.15) is 0 Å². The smallest absolute Gasteiger partial charge is 0.0454 e. The SMILES string of the molecule is CN(CCc1ccccc1)Cc1ccc(CN)cc1Cl. The Kier molecular flexibility index (Phi) is 5.60. The topological polar surface area (TPSA) is 29.3 Å². The number of nitrogens with zero attached hydrogens (tertiary/aromatic N) is 1. The standard InChI is InChI=1S/C17H21ClN2/c1-20(10-9-14-5-3-2-4-6-14)13-16-8-7-15(12-19)11-17(16)18/h2-8,11H,9-10,12-13,19H2,1H3. The molecule has 0 radical (unpaired) electrons. The summed E-state index contributed by atoms with van der Waals surface area (Å²) in [6.07, 6.45) is 1.05. The van der Waals surface area contributed by atoms with Gasteiger partial charge in [-0.25, -0.2) is 0 Å². The second-order valence-electron chi connectivity index (χ2n) is 5.10. The Labute approximate surface area is 126 Å². The molecule has 2 aromatic carbocycles. The van der Waals surface area contributed by atoms with Crippen LogP contribution in [0.15, 0.2) is 48.5 Å². The van der Waals surface area contributed by atoms with Crippen molar-refractivity contribution in [3.05, 3.63) is 70.2 Å². The van der Waals surface area contributed by atoms with E-state index in [1.165, 1.54) is 5.56 Å². The van der Waals surface area contributed by atoms with Crippen LogP contribution in [0.4, 0.5) is 0 Å². The predicted molar refractivity (Wildman–Crippen MR) is 85.8 cm³/mol. The first-order chi connectivity index (χ1) is 9.69. The van der Waals surface area contributed by atoms with Crippen molar-refractivity contribution in [3.8, 4) is 0 Å². The maximum absolute atomic E-state index is 6.29. The van der Waals surface area contributed by atoms with Crippen molar-refractivity contribution in [1.82, 2.24) is 4.90 Å². The van der Waals surface area contributed by atoms with Crippen molar-refractivity contribution >= 4 is 11.6 Å². The molecular weight excluding hydrogens is 268 g/mol. The molecule has 0 fully saturated rings. The molecule has 0 unspecified atom stereocenters. The molecule has 0 aromatic heterocycles. The summed E-state index contributed by atoms with van der Waals surface area (Å²) in [5.41, 5.74) is 9.20. The Balaban J connectivity index is 1.89. The molecule has 2 rings (SSSR count). The van der Waals surface area contributed by atoms with Crippen molar-refractivity contribution in [1.29, 1.82) is 0 Å². The second kappa shape index (κ2) is 7.44. The Hall–Kier alpha value is -1.35. The minimum absolute atomic E-state index is 0.532. The summed E-state index contributed by atoms with van der Waals surface area (Å²) in [5.74, 6) is 0. The molecule has 20 heavy (non-hydrogen) atoms. The van der Waals surface area contributed by atoms with E-state index < -0.39 is 0 Å². The summed E-state index contributed by atoms with van der Waals surface area (Å²) in [5, 5.41) is 0.805. The van der Waals surface area contributed by atoms with Gasteiger partial charge in [0.2, 0.25) is 0 Å². The van der Waals surface area contributed by atoms with Crippen LogP contribution in [-0.4, -0.2) is 18.5 Å². The van der Waals surface area contributed by atoms with Crippen molar-refractivity contribution in [2.75, 3.05) is 13.6 Å². The molecule has 3 heteroatoms. The van der Waals surface area contributed by atoms with E-state index >= 15 is 0 Å². The average molecular weight is 289 g/mol. The average Bonchev–Trinajstić information content (AvgIpc) is 2.48. The zero-order valence-corrected chi connectivity index (χ0v) is 12.6. The maximum atomic E-state index is 6.29. The lowest BCUT2D eigenvalue weighted by Crippen LogP contribution is -2.21. The summed E-state index contributed by atoms with van der Waals surface area (Å²) in [6, 6.07) is 16.6. The fourth-order valence-electron chi connectivity index (χ4n) is 2.18. The van der Waals surface area contributed by atoms with Gasteiger partial charge >= 0.3 is 0 Å². The van der Waals surface area contributed by atoms with Crippen LogP contribution in [0.5, 0.6) is 0 Å². The highest BCUT2D eigenvalue weighted by Crippen LogP contribution is 2.19. The second-order valence-corrected chi connectivity index (χ2v) is 5.51. The van der Waals surface area contributed by atoms with E-state index in [1.807, 2.05) is 18.2 Å². The van der Waals surface area contributed by atoms with Gasteiger partial charge in [0.15, 0.2) is 0 Å². The fourth-order valence-corrected chi connectivity index (χ4v) is 2.44. The van der Waals surface area contributed by atoms with Crippen LogP contribution in [-0.2, 0) is 19.5 Å². The fraction of sp³-hybridized carbons (Fsp3) is 0.294. The number of benzene rings is 2. The van der Waals surface area contributed by atoms with E-state index in [4.69, 9.17) is 17.3 Å². The molecule has 0 heterocycles. The number of likely N-dealkylation sites (N-methyl/N-ethyl adjacent to an activating group) is 1. The Morgan fingerprint density at radius 3 is 2.45 bits per heavy atom. The van der Waals surface area contributed by atoms with Gasteiger partial charge in [0, 0.05) is 24.7 Å². The van der Waals surface area contributed by atoms with Gasteiger partial charge < -0.3 is 10.6 Å². The molecule has 2 N–H and O–H groups in total. The third-order valence-corrected chi connectivity index (χ3v) is 3.77. The van der Waals surface area contributed by atoms with Gasteiger partial charge in [-0.1, -0.05) is 54.1 Å². The molecule has 0 saturated carbocycles. The van der Waals surface area contributed by atoms with Gasteiger partial charge in [-0.15, -0.1) is 0 Å². The normalized spacial score (nSPS) is 11.0. The van der Waals surface area contributed by atoms with Crippen molar-refractivity contribution < 1.29 is 0 Å². The van der Waals surface area contributed by atoms with Gasteiger partial charge in [-0.3, -0.25) is 0 Å². The molecule has 0 atom stereocenters. The van der Waals surface area contributed by atoms with Crippen LogP contribution in [0.25, 0.3) is 0 Å². The zero-order valence-electron chi connectivity index (χ0n) is 11.8. The third-order valence-electron chi connectivity index (χ3n) is 3.42. The van der Waals surface area contributed by atoms with Crippen LogP contribution in [0.2, 0.25) is 5.02 Å². The number of halogens is 1. The first-order valence-corrected chi connectivity index (χ1v) is 7.26. The molecule has 0 aliphatic rings. The van der Waals surface area contributed by atoms with Gasteiger partial charge in [0.25, 0.3) is 0 Å². The largest absolute Gasteiger partial charge is 0.326 e. The first kappa shape index (κ1) is 15.0. The lowest BCUT2D eigenvalue weighted by molar-refractivity contribution is 0.331. The molecule has 106 valence electrons. The maximum Gasteiger partial charge on any atom is 0.0454 e. The lowest BCUT2D eigenvalue weighted by atomic mass is 10.1. The zero-order chi connectivity index (χ0) is 14.4. The number of nitrogens with two attached hydrogens (primary N) is 1. The summed E-state index contributed by atoms with van der Waals surface area (Å²) in [7, 11) is 2.12. The number of rotatable bonds is 6. The van der Waals surface area contributed by atoms with Crippen LogP contribution >= 0.6 is 11.6 Å². The highest BCUT2D eigenvalue weighted by molar-refractivity contribution is 6.31. The van der Waals surface area contributed by atoms with E-state index in [0.717, 1.165) is 35.7 Å². The van der Waals surface area contributed by atoms with Gasteiger partial charge in [0.05, 0.1) is 0 Å². The molecule has 0 aliphatic heterocycles. The van der Waals surface area contributed by atoms with Crippen LogP contribution in [0.1, 0.15) is 16.7 Å². The lowest BCUT2D eigenvalue weighted by Gasteiger charge is -2.18. The predicted octanol–water partition coefficient (Wildman–Crippen LogP) is 3.47. The van der Waals surface area contributed by atoms with Crippen LogP contribution in [0, 0.1) is 0 Å². The molecule has 0 spiro atoms. The molecule has 2 nitrogen and oxygen atoms in total. The van der Waals surface area contributed by atoms with Crippen molar-refractivity contribution in [3.63, 3.8) is 0 Å². The molecule has 0 amide bonds. The van der Waals surface area contributed by atoms with Gasteiger partial charge in [0.1, 0.15) is 0 Å². The summed E-state index contributed by atoms with van der Waals surface area (Å²) in [6.45, 7) is 2.40. The molecular formula is C17H21ClN2. The Morgan fingerprint density at radius 2 is 1.80 bits per heavy atom. The highest BCUT2D eigenvalue weighted by atomic mass is 35.5. The summed E-state index contributed by atoms with van der Waals surface area (Å²) < 4.78 is 0. The molecule has 0 saturated heterocycles. The third kappa shape index (κ3) is 4.34. The molecule has 0 bridgehead atoms. The first-order valence-electron chi connectivity index (χ1n) is 6.89. The summed E-state index contributed by atoms with van der Waals surface area (Å²) in [4.78, 5) is 2.29. The van der Waals surface area contributed by atoms with E-state index in [9.17, 15) is 0 Å². The number of hydrogen-bond donors (Lipinski definition) is 1. The van der Waals surface area contributed by atoms with E-state index in [2.05, 4.69) is 42.3 Å². The number of hydrogen-bond acceptors (Lipinski definition) is 2. The van der Waals surface area contributed by atoms with E-state index in [1.54, 1.807) is 0 Å². The molecule has 2 aromatic rings. The van der Waals surface area contributed by atoms with E-state index in [-0.39, 0.29) is 0 Å².